The smallest absolute Gasteiger partial charge is 0.237 e. The molecule has 0 bridgehead atoms. The zero-order chi connectivity index (χ0) is 12.3. The highest BCUT2D eigenvalue weighted by atomic mass is 32.2. The van der Waals surface area contributed by atoms with Gasteiger partial charge < -0.3 is 9.84 Å². The van der Waals surface area contributed by atoms with Crippen LogP contribution in [0, 0.1) is 0 Å². The summed E-state index contributed by atoms with van der Waals surface area (Å²) >= 11 is 0. The second-order valence-corrected chi connectivity index (χ2v) is 5.79. The average Bonchev–Trinajstić information content (AvgIpc) is 2.51. The van der Waals surface area contributed by atoms with Gasteiger partial charge in [0.05, 0.1) is 24.7 Å². The second-order valence-electron chi connectivity index (χ2n) is 3.78. The fourth-order valence-electron chi connectivity index (χ4n) is 1.81. The van der Waals surface area contributed by atoms with Crippen molar-refractivity contribution in [2.24, 2.45) is 0 Å². The number of fused-ring (bicyclic) bond motifs is 1. The van der Waals surface area contributed by atoms with E-state index >= 15 is 0 Å². The maximum absolute atomic E-state index is 12.0. The van der Waals surface area contributed by atoms with Crippen molar-refractivity contribution in [1.29, 1.82) is 0 Å². The van der Waals surface area contributed by atoms with E-state index in [0.717, 1.165) is 0 Å². The molecule has 0 saturated heterocycles. The molecule has 0 fully saturated rings. The molecule has 5 nitrogen and oxygen atoms in total. The maximum Gasteiger partial charge on any atom is 0.237 e. The topological polar surface area (TPSA) is 66.8 Å². The Kier molecular flexibility index (Phi) is 3.54. The number of hydrogen-bond acceptors (Lipinski definition) is 4. The molecule has 0 aromatic heterocycles. The highest BCUT2D eigenvalue weighted by Gasteiger charge is 2.26. The minimum absolute atomic E-state index is 0.263. The number of para-hydroxylation sites is 2. The number of hydrogen-bond donors (Lipinski definition) is 1. The zero-order valence-corrected chi connectivity index (χ0v) is 10.2. The van der Waals surface area contributed by atoms with Crippen molar-refractivity contribution >= 4 is 15.7 Å². The Hall–Kier alpha value is -1.27. The van der Waals surface area contributed by atoms with Crippen molar-refractivity contribution in [3.63, 3.8) is 0 Å². The van der Waals surface area contributed by atoms with Gasteiger partial charge in [0, 0.05) is 13.0 Å². The molecule has 1 aromatic rings. The van der Waals surface area contributed by atoms with Gasteiger partial charge in [0.1, 0.15) is 5.75 Å². The summed E-state index contributed by atoms with van der Waals surface area (Å²) < 4.78 is 30.8. The molecule has 17 heavy (non-hydrogen) atoms. The van der Waals surface area contributed by atoms with Crippen LogP contribution in [-0.4, -0.2) is 39.0 Å². The van der Waals surface area contributed by atoms with Gasteiger partial charge in [-0.1, -0.05) is 12.1 Å². The fraction of sp³-hybridized carbons (Fsp3) is 0.455. The van der Waals surface area contributed by atoms with Gasteiger partial charge in [0.25, 0.3) is 0 Å². The lowest BCUT2D eigenvalue weighted by Gasteiger charge is -2.22. The molecule has 0 aliphatic carbocycles. The lowest BCUT2D eigenvalue weighted by molar-refractivity contribution is 0.319. The van der Waals surface area contributed by atoms with E-state index in [9.17, 15) is 8.42 Å². The van der Waals surface area contributed by atoms with Crippen LogP contribution in [0.25, 0.3) is 0 Å². The summed E-state index contributed by atoms with van der Waals surface area (Å²) in [5, 5.41) is 8.81. The van der Waals surface area contributed by atoms with Crippen LogP contribution in [0.1, 0.15) is 6.42 Å². The molecule has 0 unspecified atom stereocenters. The van der Waals surface area contributed by atoms with Crippen LogP contribution in [0.5, 0.6) is 5.75 Å². The molecule has 1 aliphatic rings. The van der Waals surface area contributed by atoms with Crippen molar-refractivity contribution in [3.05, 3.63) is 24.3 Å². The first-order valence-electron chi connectivity index (χ1n) is 5.48. The Bertz CT molecular complexity index is 486. The number of aliphatic hydroxyl groups excluding tert-OH is 1. The summed E-state index contributed by atoms with van der Waals surface area (Å²) in [6.45, 7) is 0.517. The minimum Gasteiger partial charge on any atom is -0.491 e. The molecular weight excluding hydrogens is 242 g/mol. The van der Waals surface area contributed by atoms with Gasteiger partial charge >= 0.3 is 0 Å². The van der Waals surface area contributed by atoms with E-state index in [0.29, 0.717) is 31.0 Å². The molecule has 1 aromatic carbocycles. The molecule has 0 radical (unpaired) electrons. The standard InChI is InChI=1S/C11H15NO4S/c13-7-9-17(14,15)12-6-3-8-16-11-5-2-1-4-10(11)12/h1-2,4-5,13H,3,6-9H2. The van der Waals surface area contributed by atoms with Crippen molar-refractivity contribution in [2.45, 2.75) is 6.42 Å². The van der Waals surface area contributed by atoms with Crippen LogP contribution < -0.4 is 9.04 Å². The number of sulfonamides is 1. The molecule has 0 atom stereocenters. The van der Waals surface area contributed by atoms with E-state index in [1.54, 1.807) is 24.3 Å². The van der Waals surface area contributed by atoms with Gasteiger partial charge in [0.15, 0.2) is 0 Å². The highest BCUT2D eigenvalue weighted by molar-refractivity contribution is 7.92. The third kappa shape index (κ3) is 2.53. The predicted molar refractivity (Wildman–Crippen MR) is 64.8 cm³/mol. The van der Waals surface area contributed by atoms with E-state index in [1.165, 1.54) is 4.31 Å². The maximum atomic E-state index is 12.0. The fourth-order valence-corrected chi connectivity index (χ4v) is 3.12. The number of ether oxygens (including phenoxy) is 1. The summed E-state index contributed by atoms with van der Waals surface area (Å²) in [5.74, 6) is 0.313. The van der Waals surface area contributed by atoms with Crippen LogP contribution in [-0.2, 0) is 10.0 Å². The SMILES string of the molecule is O=S(=O)(CCO)N1CCCOc2ccccc21. The molecule has 0 amide bonds. The molecule has 94 valence electrons. The number of benzene rings is 1. The molecule has 1 aliphatic heterocycles. The van der Waals surface area contributed by atoms with Gasteiger partial charge in [-0.05, 0) is 12.1 Å². The van der Waals surface area contributed by atoms with Crippen molar-refractivity contribution in [2.75, 3.05) is 29.8 Å². The second kappa shape index (κ2) is 4.93. The van der Waals surface area contributed by atoms with Gasteiger partial charge in [-0.25, -0.2) is 8.42 Å². The number of aliphatic hydroxyl groups is 1. The lowest BCUT2D eigenvalue weighted by atomic mass is 10.3. The number of rotatable bonds is 3. The first-order chi connectivity index (χ1) is 8.15. The first kappa shape index (κ1) is 12.2. The van der Waals surface area contributed by atoms with Gasteiger partial charge in [-0.3, -0.25) is 4.31 Å². The monoisotopic (exact) mass is 257 g/mol. The Morgan fingerprint density at radius 3 is 2.88 bits per heavy atom. The predicted octanol–water partition coefficient (Wildman–Crippen LogP) is 0.598. The molecule has 0 spiro atoms. The van der Waals surface area contributed by atoms with Crippen LogP contribution in [0.4, 0.5) is 5.69 Å². The summed E-state index contributed by atoms with van der Waals surface area (Å²) in [4.78, 5) is 0. The lowest BCUT2D eigenvalue weighted by Crippen LogP contribution is -2.34. The van der Waals surface area contributed by atoms with Gasteiger partial charge in [-0.2, -0.15) is 0 Å². The van der Waals surface area contributed by atoms with Crippen LogP contribution >= 0.6 is 0 Å². The molecule has 1 N–H and O–H groups in total. The summed E-state index contributed by atoms with van der Waals surface area (Å²) in [6.07, 6.45) is 0.638. The molecule has 2 rings (SSSR count). The van der Waals surface area contributed by atoms with Crippen LogP contribution in [0.3, 0.4) is 0 Å². The van der Waals surface area contributed by atoms with E-state index < -0.39 is 10.0 Å². The van der Waals surface area contributed by atoms with Gasteiger partial charge in [0.2, 0.25) is 10.0 Å². The van der Waals surface area contributed by atoms with E-state index in [4.69, 9.17) is 9.84 Å². The first-order valence-corrected chi connectivity index (χ1v) is 7.09. The Morgan fingerprint density at radius 2 is 2.12 bits per heavy atom. The molecule has 0 saturated carbocycles. The summed E-state index contributed by atoms with van der Waals surface area (Å²) in [5.41, 5.74) is 0.554. The van der Waals surface area contributed by atoms with Crippen molar-refractivity contribution < 1.29 is 18.3 Å². The van der Waals surface area contributed by atoms with Crippen molar-refractivity contribution in [3.8, 4) is 5.75 Å². The Balaban J connectivity index is 2.41. The molecule has 1 heterocycles. The zero-order valence-electron chi connectivity index (χ0n) is 9.37. The molecular formula is C11H15NO4S. The van der Waals surface area contributed by atoms with Gasteiger partial charge in [-0.15, -0.1) is 0 Å². The van der Waals surface area contributed by atoms with Crippen LogP contribution in [0.2, 0.25) is 0 Å². The highest BCUT2D eigenvalue weighted by Crippen LogP contribution is 2.32. The normalized spacial score (nSPS) is 15.9. The molecule has 6 heteroatoms. The third-order valence-corrected chi connectivity index (χ3v) is 4.33. The Labute approximate surface area is 101 Å². The largest absolute Gasteiger partial charge is 0.491 e. The van der Waals surface area contributed by atoms with E-state index in [-0.39, 0.29) is 12.4 Å². The quantitative estimate of drug-likeness (QED) is 0.861. The summed E-state index contributed by atoms with van der Waals surface area (Å²) in [7, 11) is -3.47. The summed E-state index contributed by atoms with van der Waals surface area (Å²) in [6, 6.07) is 7.05. The minimum atomic E-state index is -3.47. The van der Waals surface area contributed by atoms with E-state index in [2.05, 4.69) is 0 Å². The number of anilines is 1. The van der Waals surface area contributed by atoms with E-state index in [1.807, 2.05) is 0 Å². The third-order valence-electron chi connectivity index (χ3n) is 2.58. The van der Waals surface area contributed by atoms with Crippen LogP contribution in [0.15, 0.2) is 24.3 Å². The Morgan fingerprint density at radius 1 is 1.35 bits per heavy atom. The van der Waals surface area contributed by atoms with Crippen molar-refractivity contribution in [1.82, 2.24) is 0 Å². The number of nitrogens with zero attached hydrogens (tertiary/aromatic N) is 1. The average molecular weight is 257 g/mol.